The van der Waals surface area contributed by atoms with Crippen molar-refractivity contribution in [1.29, 1.82) is 0 Å². The lowest BCUT2D eigenvalue weighted by Crippen LogP contribution is -2.44. The van der Waals surface area contributed by atoms with Gasteiger partial charge in [-0.25, -0.2) is 0 Å². The summed E-state index contributed by atoms with van der Waals surface area (Å²) in [7, 11) is 0. The van der Waals surface area contributed by atoms with Crippen LogP contribution in [0.1, 0.15) is 36.5 Å². The Hall–Kier alpha value is -2.21. The first kappa shape index (κ1) is 15.7. The Labute approximate surface area is 135 Å². The van der Waals surface area contributed by atoms with Gasteiger partial charge in [-0.2, -0.15) is 0 Å². The molecule has 0 aliphatic carbocycles. The van der Waals surface area contributed by atoms with Crippen molar-refractivity contribution in [2.24, 2.45) is 5.41 Å². The van der Waals surface area contributed by atoms with Crippen LogP contribution in [-0.2, 0) is 0 Å². The molecule has 1 aromatic carbocycles. The van der Waals surface area contributed by atoms with Crippen molar-refractivity contribution in [3.63, 3.8) is 0 Å². The van der Waals surface area contributed by atoms with Crippen molar-refractivity contribution in [1.82, 2.24) is 19.7 Å². The Kier molecular flexibility index (Phi) is 4.43. The van der Waals surface area contributed by atoms with Gasteiger partial charge in [-0.3, -0.25) is 9.36 Å². The highest BCUT2D eigenvalue weighted by molar-refractivity contribution is 5.94. The number of carbonyl (C=O) groups is 1. The first-order valence-corrected chi connectivity index (χ1v) is 8.03. The molecule has 0 saturated carbocycles. The van der Waals surface area contributed by atoms with Gasteiger partial charge in [0, 0.05) is 30.9 Å². The lowest BCUT2D eigenvalue weighted by Gasteiger charge is -2.40. The van der Waals surface area contributed by atoms with Crippen LogP contribution in [0.15, 0.2) is 36.9 Å². The number of hydrogen-bond acceptors (Lipinski definition) is 4. The lowest BCUT2D eigenvalue weighted by molar-refractivity contribution is 0.0338. The number of benzene rings is 1. The molecule has 1 aliphatic heterocycles. The average molecular weight is 314 g/mol. The van der Waals surface area contributed by atoms with Gasteiger partial charge in [-0.05, 0) is 48.9 Å². The van der Waals surface area contributed by atoms with Crippen LogP contribution in [0.3, 0.4) is 0 Å². The molecule has 23 heavy (non-hydrogen) atoms. The Morgan fingerprint density at radius 1 is 1.17 bits per heavy atom. The number of rotatable bonds is 4. The van der Waals surface area contributed by atoms with E-state index in [0.717, 1.165) is 24.9 Å². The van der Waals surface area contributed by atoms with Crippen LogP contribution in [0.4, 0.5) is 0 Å². The van der Waals surface area contributed by atoms with Gasteiger partial charge < -0.3 is 10.0 Å². The van der Waals surface area contributed by atoms with Crippen LogP contribution < -0.4 is 0 Å². The van der Waals surface area contributed by atoms with Crippen LogP contribution in [0.25, 0.3) is 5.69 Å². The van der Waals surface area contributed by atoms with E-state index in [0.29, 0.717) is 18.7 Å². The fourth-order valence-corrected chi connectivity index (χ4v) is 3.10. The van der Waals surface area contributed by atoms with E-state index in [2.05, 4.69) is 17.1 Å². The fraction of sp³-hybridized carbons (Fsp3) is 0.471. The van der Waals surface area contributed by atoms with Gasteiger partial charge in [-0.15, -0.1) is 10.2 Å². The molecular formula is C17H22N4O2. The number of nitrogens with zero attached hydrogens (tertiary/aromatic N) is 4. The van der Waals surface area contributed by atoms with E-state index in [-0.39, 0.29) is 17.9 Å². The van der Waals surface area contributed by atoms with Crippen LogP contribution in [0.5, 0.6) is 0 Å². The molecule has 1 aliphatic rings. The van der Waals surface area contributed by atoms with Crippen LogP contribution in [0, 0.1) is 5.41 Å². The predicted molar refractivity (Wildman–Crippen MR) is 86.3 cm³/mol. The SMILES string of the molecule is CCC1(CO)CCN(C(=O)c2ccc(-n3cnnc3)cc2)CC1. The number of hydrogen-bond donors (Lipinski definition) is 1. The second-order valence-electron chi connectivity index (χ2n) is 6.22. The number of aromatic nitrogens is 3. The van der Waals surface area contributed by atoms with Gasteiger partial charge >= 0.3 is 0 Å². The van der Waals surface area contributed by atoms with Crippen molar-refractivity contribution < 1.29 is 9.90 Å². The van der Waals surface area contributed by atoms with Crippen LogP contribution in [0.2, 0.25) is 0 Å². The molecule has 1 amide bonds. The lowest BCUT2D eigenvalue weighted by atomic mass is 9.77. The van der Waals surface area contributed by atoms with Crippen molar-refractivity contribution in [2.75, 3.05) is 19.7 Å². The number of aliphatic hydroxyl groups excluding tert-OH is 1. The zero-order valence-corrected chi connectivity index (χ0v) is 13.4. The minimum absolute atomic E-state index is 0.00490. The number of amides is 1. The standard InChI is InChI=1S/C17H22N4O2/c1-2-17(11-22)7-9-20(10-8-17)16(23)14-3-5-15(6-4-14)21-12-18-19-13-21/h3-6,12-13,22H,2,7-11H2,1H3. The third-order valence-electron chi connectivity index (χ3n) is 5.03. The van der Waals surface area contributed by atoms with Crippen molar-refractivity contribution >= 4 is 5.91 Å². The Bertz CT molecular complexity index is 638. The number of aliphatic hydroxyl groups is 1. The smallest absolute Gasteiger partial charge is 0.253 e. The molecule has 6 heteroatoms. The molecule has 1 fully saturated rings. The molecule has 122 valence electrons. The zero-order valence-electron chi connectivity index (χ0n) is 13.4. The fourth-order valence-electron chi connectivity index (χ4n) is 3.10. The number of carbonyl (C=O) groups excluding carboxylic acids is 1. The van der Waals surface area contributed by atoms with E-state index >= 15 is 0 Å². The molecule has 3 rings (SSSR count). The normalized spacial score (nSPS) is 17.2. The van der Waals surface area contributed by atoms with Gasteiger partial charge in [0.05, 0.1) is 0 Å². The summed E-state index contributed by atoms with van der Waals surface area (Å²) in [5.74, 6) is 0.0583. The Balaban J connectivity index is 1.67. The van der Waals surface area contributed by atoms with E-state index in [4.69, 9.17) is 0 Å². The molecular weight excluding hydrogens is 292 g/mol. The van der Waals surface area contributed by atoms with E-state index in [1.54, 1.807) is 17.2 Å². The molecule has 2 heterocycles. The van der Waals surface area contributed by atoms with Gasteiger partial charge in [0.15, 0.2) is 0 Å². The summed E-state index contributed by atoms with van der Waals surface area (Å²) in [6.45, 7) is 3.73. The van der Waals surface area contributed by atoms with Crippen molar-refractivity contribution in [3.05, 3.63) is 42.5 Å². The molecule has 0 spiro atoms. The predicted octanol–water partition coefficient (Wildman–Crippen LogP) is 1.89. The topological polar surface area (TPSA) is 71.2 Å². The molecule has 2 aromatic rings. The van der Waals surface area contributed by atoms with Crippen molar-refractivity contribution in [3.8, 4) is 5.69 Å². The highest BCUT2D eigenvalue weighted by Gasteiger charge is 2.34. The largest absolute Gasteiger partial charge is 0.396 e. The number of piperidine rings is 1. The average Bonchev–Trinajstić information content (AvgIpc) is 3.16. The molecule has 0 atom stereocenters. The maximum Gasteiger partial charge on any atom is 0.253 e. The summed E-state index contributed by atoms with van der Waals surface area (Å²) in [6, 6.07) is 7.46. The zero-order chi connectivity index (χ0) is 16.3. The van der Waals surface area contributed by atoms with Crippen molar-refractivity contribution in [2.45, 2.75) is 26.2 Å². The second kappa shape index (κ2) is 6.50. The molecule has 0 unspecified atom stereocenters. The molecule has 1 saturated heterocycles. The molecule has 1 aromatic heterocycles. The first-order chi connectivity index (χ1) is 11.2. The highest BCUT2D eigenvalue weighted by atomic mass is 16.3. The van der Waals surface area contributed by atoms with E-state index in [1.165, 1.54) is 0 Å². The van der Waals surface area contributed by atoms with E-state index in [1.807, 2.05) is 29.2 Å². The summed E-state index contributed by atoms with van der Waals surface area (Å²) >= 11 is 0. The number of likely N-dealkylation sites (tertiary alicyclic amines) is 1. The van der Waals surface area contributed by atoms with E-state index < -0.39 is 0 Å². The Morgan fingerprint density at radius 2 is 1.78 bits per heavy atom. The summed E-state index contributed by atoms with van der Waals surface area (Å²) in [5, 5.41) is 17.1. The third kappa shape index (κ3) is 3.12. The maximum absolute atomic E-state index is 12.6. The van der Waals surface area contributed by atoms with Gasteiger partial charge in [0.25, 0.3) is 5.91 Å². The quantitative estimate of drug-likeness (QED) is 0.935. The maximum atomic E-state index is 12.6. The summed E-state index contributed by atoms with van der Waals surface area (Å²) in [5.41, 5.74) is 1.61. The first-order valence-electron chi connectivity index (χ1n) is 8.03. The van der Waals surface area contributed by atoms with Crippen LogP contribution in [-0.4, -0.2) is 50.4 Å². The van der Waals surface area contributed by atoms with Crippen LogP contribution >= 0.6 is 0 Å². The summed E-state index contributed by atoms with van der Waals surface area (Å²) < 4.78 is 1.80. The third-order valence-corrected chi connectivity index (χ3v) is 5.03. The summed E-state index contributed by atoms with van der Waals surface area (Å²) in [4.78, 5) is 14.5. The van der Waals surface area contributed by atoms with Gasteiger partial charge in [0.2, 0.25) is 0 Å². The van der Waals surface area contributed by atoms with E-state index in [9.17, 15) is 9.90 Å². The van der Waals surface area contributed by atoms with Gasteiger partial charge in [-0.1, -0.05) is 6.92 Å². The minimum atomic E-state index is -0.00490. The monoisotopic (exact) mass is 314 g/mol. The molecule has 0 bridgehead atoms. The summed E-state index contributed by atoms with van der Waals surface area (Å²) in [6.07, 6.45) is 5.94. The molecule has 6 nitrogen and oxygen atoms in total. The van der Waals surface area contributed by atoms with Gasteiger partial charge in [0.1, 0.15) is 12.7 Å². The molecule has 0 radical (unpaired) electrons. The second-order valence-corrected chi connectivity index (χ2v) is 6.22. The minimum Gasteiger partial charge on any atom is -0.396 e. The highest BCUT2D eigenvalue weighted by Crippen LogP contribution is 2.34. The molecule has 1 N–H and O–H groups in total. The Morgan fingerprint density at radius 3 is 2.30 bits per heavy atom.